The molecule has 1 atom stereocenters. The fourth-order valence-corrected chi connectivity index (χ4v) is 4.50. The van der Waals surface area contributed by atoms with Crippen molar-refractivity contribution in [2.24, 2.45) is 10.1 Å². The molecular formula is C30H44N4O5. The van der Waals surface area contributed by atoms with Crippen molar-refractivity contribution in [2.45, 2.75) is 90.9 Å². The molecule has 2 aliphatic rings. The van der Waals surface area contributed by atoms with Gasteiger partial charge in [0.1, 0.15) is 23.7 Å². The van der Waals surface area contributed by atoms with Crippen LogP contribution in [-0.2, 0) is 19.6 Å². The topological polar surface area (TPSA) is 106 Å². The number of carbonyl (C=O) groups is 1. The van der Waals surface area contributed by atoms with Gasteiger partial charge in [-0.15, -0.1) is 5.10 Å². The number of rotatable bonds is 13. The van der Waals surface area contributed by atoms with Gasteiger partial charge in [0.05, 0.1) is 19.3 Å². The van der Waals surface area contributed by atoms with Crippen molar-refractivity contribution in [1.82, 2.24) is 5.01 Å². The standard InChI is InChI=1S/C30H44N4O5/c1-9-22(10-2)39-27-13-19(3)29-32-25(28(31)34(29)33-27)11-12-26(35)20-14-21(30(4,5)6)16-23(15-20)38-24(17-36-7)18-37-8/h13-16,22,24-25,31H,9-12,17-18H2,1-8H3. The molecule has 0 saturated heterocycles. The molecule has 214 valence electrons. The summed E-state index contributed by atoms with van der Waals surface area (Å²) in [6.45, 7) is 13.2. The van der Waals surface area contributed by atoms with Crippen molar-refractivity contribution in [1.29, 1.82) is 5.41 Å². The molecule has 0 aromatic heterocycles. The summed E-state index contributed by atoms with van der Waals surface area (Å²) < 4.78 is 22.7. The van der Waals surface area contributed by atoms with Gasteiger partial charge in [0, 0.05) is 32.3 Å². The number of hydrogen-bond donors (Lipinski definition) is 1. The first-order valence-electron chi connectivity index (χ1n) is 13.7. The highest BCUT2D eigenvalue weighted by molar-refractivity contribution is 6.18. The second kappa shape index (κ2) is 13.3. The van der Waals surface area contributed by atoms with Gasteiger partial charge in [-0.25, -0.2) is 0 Å². The molecule has 0 saturated carbocycles. The SMILES string of the molecule is CCC(CC)OC1=NN2C(=N)C(CCC(=O)c3cc(OC(COC)COC)cc(C(C)(C)C)c3)N=C2C(C)=C1. The number of hydrazone groups is 1. The molecular weight excluding hydrogens is 496 g/mol. The second-order valence-electron chi connectivity index (χ2n) is 11.1. The number of nitrogens with zero attached hydrogens (tertiary/aromatic N) is 3. The third kappa shape index (κ3) is 7.76. The Hall–Kier alpha value is -3.04. The van der Waals surface area contributed by atoms with Gasteiger partial charge in [0.2, 0.25) is 5.90 Å². The molecule has 39 heavy (non-hydrogen) atoms. The zero-order chi connectivity index (χ0) is 28.7. The van der Waals surface area contributed by atoms with Crippen LogP contribution in [-0.4, -0.2) is 74.0 Å². The highest BCUT2D eigenvalue weighted by Crippen LogP contribution is 2.30. The monoisotopic (exact) mass is 540 g/mol. The predicted molar refractivity (Wildman–Crippen MR) is 154 cm³/mol. The molecule has 0 spiro atoms. The van der Waals surface area contributed by atoms with E-state index in [9.17, 15) is 4.79 Å². The molecule has 2 heterocycles. The molecule has 9 nitrogen and oxygen atoms in total. The first-order valence-corrected chi connectivity index (χ1v) is 13.7. The van der Waals surface area contributed by atoms with Gasteiger partial charge in [-0.3, -0.25) is 15.2 Å². The number of nitrogens with one attached hydrogen (secondary N) is 1. The zero-order valence-electron chi connectivity index (χ0n) is 24.7. The molecule has 1 aromatic rings. The highest BCUT2D eigenvalue weighted by atomic mass is 16.6. The van der Waals surface area contributed by atoms with Crippen LogP contribution < -0.4 is 4.74 Å². The van der Waals surface area contributed by atoms with Gasteiger partial charge in [-0.1, -0.05) is 34.6 Å². The average molecular weight is 541 g/mol. The summed E-state index contributed by atoms with van der Waals surface area (Å²) in [5.41, 5.74) is 2.30. The highest BCUT2D eigenvalue weighted by Gasteiger charge is 2.35. The van der Waals surface area contributed by atoms with E-state index in [0.29, 0.717) is 42.7 Å². The van der Waals surface area contributed by atoms with Crippen molar-refractivity contribution >= 4 is 23.4 Å². The minimum atomic E-state index is -0.446. The molecule has 2 aliphatic heterocycles. The van der Waals surface area contributed by atoms with Gasteiger partial charge < -0.3 is 18.9 Å². The van der Waals surface area contributed by atoms with E-state index >= 15 is 0 Å². The van der Waals surface area contributed by atoms with E-state index in [1.165, 1.54) is 0 Å². The molecule has 0 fully saturated rings. The summed E-state index contributed by atoms with van der Waals surface area (Å²) in [5.74, 6) is 1.98. The number of carbonyl (C=O) groups excluding carboxylic acids is 1. The van der Waals surface area contributed by atoms with Crippen molar-refractivity contribution in [3.05, 3.63) is 41.0 Å². The van der Waals surface area contributed by atoms with Gasteiger partial charge in [-0.2, -0.15) is 5.01 Å². The van der Waals surface area contributed by atoms with Gasteiger partial charge in [-0.05, 0) is 60.9 Å². The normalized spacial score (nSPS) is 17.3. The Labute approximate surface area is 232 Å². The lowest BCUT2D eigenvalue weighted by Gasteiger charge is -2.24. The average Bonchev–Trinajstić information content (AvgIpc) is 3.21. The van der Waals surface area contributed by atoms with Crippen LogP contribution in [0.1, 0.15) is 83.1 Å². The van der Waals surface area contributed by atoms with E-state index in [1.54, 1.807) is 25.3 Å². The van der Waals surface area contributed by atoms with Crippen molar-refractivity contribution in [2.75, 3.05) is 27.4 Å². The maximum atomic E-state index is 13.4. The number of fused-ring (bicyclic) bond motifs is 1. The zero-order valence-corrected chi connectivity index (χ0v) is 24.7. The van der Waals surface area contributed by atoms with Crippen LogP contribution in [0, 0.1) is 5.41 Å². The lowest BCUT2D eigenvalue weighted by Crippen LogP contribution is -2.35. The van der Waals surface area contributed by atoms with Gasteiger partial charge in [0.25, 0.3) is 0 Å². The van der Waals surface area contributed by atoms with Crippen LogP contribution in [0.15, 0.2) is 39.9 Å². The minimum Gasteiger partial charge on any atom is -0.486 e. The number of ether oxygens (including phenoxy) is 4. The van der Waals surface area contributed by atoms with Crippen LogP contribution in [0.2, 0.25) is 0 Å². The number of aliphatic imine (C=N–C) groups is 1. The molecule has 0 aliphatic carbocycles. The summed E-state index contributed by atoms with van der Waals surface area (Å²) in [4.78, 5) is 18.1. The molecule has 0 radical (unpaired) electrons. The van der Waals surface area contributed by atoms with Crippen molar-refractivity contribution in [3.63, 3.8) is 0 Å². The van der Waals surface area contributed by atoms with Crippen LogP contribution >= 0.6 is 0 Å². The van der Waals surface area contributed by atoms with Crippen molar-refractivity contribution in [3.8, 4) is 5.75 Å². The van der Waals surface area contributed by atoms with Crippen molar-refractivity contribution < 1.29 is 23.7 Å². The lowest BCUT2D eigenvalue weighted by molar-refractivity contribution is 0.0244. The smallest absolute Gasteiger partial charge is 0.232 e. The Morgan fingerprint density at radius 1 is 1.05 bits per heavy atom. The lowest BCUT2D eigenvalue weighted by atomic mass is 9.85. The molecule has 9 heteroatoms. The summed E-state index contributed by atoms with van der Waals surface area (Å²) in [6.07, 6.45) is 4.08. The fourth-order valence-electron chi connectivity index (χ4n) is 4.50. The minimum absolute atomic E-state index is 0.0209. The van der Waals surface area contributed by atoms with Crippen LogP contribution in [0.5, 0.6) is 5.75 Å². The van der Waals surface area contributed by atoms with Gasteiger partial charge in [0.15, 0.2) is 11.6 Å². The van der Waals surface area contributed by atoms with Gasteiger partial charge >= 0.3 is 0 Å². The molecule has 1 N–H and O–H groups in total. The fraction of sp³-hybridized carbons (Fsp3) is 0.600. The van der Waals surface area contributed by atoms with Crippen LogP contribution in [0.25, 0.3) is 0 Å². The molecule has 1 aromatic carbocycles. The molecule has 3 rings (SSSR count). The molecule has 0 amide bonds. The summed E-state index contributed by atoms with van der Waals surface area (Å²) >= 11 is 0. The molecule has 1 unspecified atom stereocenters. The van der Waals surface area contributed by atoms with E-state index < -0.39 is 6.04 Å². The second-order valence-corrected chi connectivity index (χ2v) is 11.1. The number of Topliss-reactive ketones (excluding diaryl/α,β-unsaturated/α-hetero) is 1. The van der Waals surface area contributed by atoms with E-state index in [4.69, 9.17) is 29.3 Å². The first-order chi connectivity index (χ1) is 18.5. The van der Waals surface area contributed by atoms with E-state index in [-0.39, 0.29) is 35.7 Å². The number of benzene rings is 1. The Balaban J connectivity index is 1.74. The number of amidine groups is 2. The Kier molecular flexibility index (Phi) is 10.4. The van der Waals surface area contributed by atoms with E-state index in [1.807, 2.05) is 25.1 Å². The summed E-state index contributed by atoms with van der Waals surface area (Å²) in [5, 5.41) is 14.8. The Morgan fingerprint density at radius 3 is 2.31 bits per heavy atom. The quantitative estimate of drug-likeness (QED) is 0.330. The van der Waals surface area contributed by atoms with Crippen LogP contribution in [0.3, 0.4) is 0 Å². The third-order valence-electron chi connectivity index (χ3n) is 6.86. The Morgan fingerprint density at radius 2 is 1.72 bits per heavy atom. The first kappa shape index (κ1) is 30.5. The third-order valence-corrected chi connectivity index (χ3v) is 6.86. The van der Waals surface area contributed by atoms with E-state index in [0.717, 1.165) is 24.0 Å². The largest absolute Gasteiger partial charge is 0.486 e. The Bertz CT molecular complexity index is 1120. The molecule has 0 bridgehead atoms. The summed E-state index contributed by atoms with van der Waals surface area (Å²) in [6, 6.07) is 5.24. The number of ketones is 1. The number of hydrogen-bond acceptors (Lipinski definition) is 8. The summed E-state index contributed by atoms with van der Waals surface area (Å²) in [7, 11) is 3.24. The maximum Gasteiger partial charge on any atom is 0.232 e. The maximum absolute atomic E-state index is 13.4. The van der Waals surface area contributed by atoms with E-state index in [2.05, 4.69) is 39.7 Å². The predicted octanol–water partition coefficient (Wildman–Crippen LogP) is 5.53. The number of methoxy groups -OCH3 is 2. The van der Waals surface area contributed by atoms with Crippen LogP contribution in [0.4, 0.5) is 0 Å².